The van der Waals surface area contributed by atoms with Gasteiger partial charge in [0.15, 0.2) is 0 Å². The van der Waals surface area contributed by atoms with Crippen LogP contribution < -0.4 is 10.5 Å². The summed E-state index contributed by atoms with van der Waals surface area (Å²) in [6.45, 7) is 3.40. The summed E-state index contributed by atoms with van der Waals surface area (Å²) in [6.07, 6.45) is 0.915. The molecule has 0 bridgehead atoms. The fourth-order valence-electron chi connectivity index (χ4n) is 1.85. The summed E-state index contributed by atoms with van der Waals surface area (Å²) in [5, 5.41) is 0. The first-order valence-corrected chi connectivity index (χ1v) is 6.26. The molecule has 2 aromatic rings. The van der Waals surface area contributed by atoms with E-state index in [-0.39, 0.29) is 0 Å². The molecule has 2 nitrogen and oxygen atoms in total. The third kappa shape index (κ3) is 3.34. The van der Waals surface area contributed by atoms with Crippen LogP contribution in [0.15, 0.2) is 48.5 Å². The maximum absolute atomic E-state index is 5.77. The second-order valence-corrected chi connectivity index (χ2v) is 4.40. The second-order valence-electron chi connectivity index (χ2n) is 4.40. The van der Waals surface area contributed by atoms with Crippen molar-refractivity contribution in [2.75, 3.05) is 6.54 Å². The summed E-state index contributed by atoms with van der Waals surface area (Å²) in [7, 11) is 0. The van der Waals surface area contributed by atoms with Crippen LogP contribution >= 0.6 is 0 Å². The van der Waals surface area contributed by atoms with E-state index in [9.17, 15) is 0 Å². The van der Waals surface area contributed by atoms with Gasteiger partial charge in [-0.25, -0.2) is 0 Å². The van der Waals surface area contributed by atoms with Crippen molar-refractivity contribution in [1.82, 2.24) is 0 Å². The lowest BCUT2D eigenvalue weighted by Gasteiger charge is -2.09. The number of ether oxygens (including phenoxy) is 1. The van der Waals surface area contributed by atoms with Gasteiger partial charge in [-0.1, -0.05) is 36.4 Å². The molecule has 0 radical (unpaired) electrons. The minimum Gasteiger partial charge on any atom is -0.489 e. The first-order valence-electron chi connectivity index (χ1n) is 6.26. The van der Waals surface area contributed by atoms with Gasteiger partial charge < -0.3 is 10.5 Å². The van der Waals surface area contributed by atoms with Gasteiger partial charge in [-0.2, -0.15) is 0 Å². The van der Waals surface area contributed by atoms with Crippen LogP contribution in [0.25, 0.3) is 0 Å². The van der Waals surface area contributed by atoms with Crippen LogP contribution in [0.3, 0.4) is 0 Å². The molecule has 0 saturated carbocycles. The van der Waals surface area contributed by atoms with Crippen LogP contribution in [0.4, 0.5) is 0 Å². The van der Waals surface area contributed by atoms with Crippen molar-refractivity contribution in [3.8, 4) is 5.75 Å². The molecule has 2 rings (SSSR count). The first kappa shape index (κ1) is 12.7. The highest BCUT2D eigenvalue weighted by Crippen LogP contribution is 2.15. The molecule has 0 aliphatic rings. The van der Waals surface area contributed by atoms with Gasteiger partial charge in [0.25, 0.3) is 0 Å². The van der Waals surface area contributed by atoms with Gasteiger partial charge in [-0.05, 0) is 48.7 Å². The van der Waals surface area contributed by atoms with Gasteiger partial charge in [0.05, 0.1) is 0 Å². The van der Waals surface area contributed by atoms with E-state index in [0.29, 0.717) is 13.2 Å². The summed E-state index contributed by atoms with van der Waals surface area (Å²) in [5.41, 5.74) is 9.26. The van der Waals surface area contributed by atoms with Gasteiger partial charge >= 0.3 is 0 Å². The van der Waals surface area contributed by atoms with E-state index >= 15 is 0 Å². The fraction of sp³-hybridized carbons (Fsp3) is 0.250. The lowest BCUT2D eigenvalue weighted by molar-refractivity contribution is 0.305. The zero-order valence-corrected chi connectivity index (χ0v) is 10.7. The smallest absolute Gasteiger partial charge is 0.119 e. The quantitative estimate of drug-likeness (QED) is 0.873. The Morgan fingerprint density at radius 3 is 2.39 bits per heavy atom. The highest BCUT2D eigenvalue weighted by atomic mass is 16.5. The lowest BCUT2D eigenvalue weighted by atomic mass is 10.1. The van der Waals surface area contributed by atoms with Gasteiger partial charge in [-0.15, -0.1) is 0 Å². The van der Waals surface area contributed by atoms with Gasteiger partial charge in [0.2, 0.25) is 0 Å². The van der Waals surface area contributed by atoms with E-state index in [2.05, 4.69) is 31.2 Å². The van der Waals surface area contributed by atoms with Crippen LogP contribution in [0.5, 0.6) is 5.75 Å². The van der Waals surface area contributed by atoms with E-state index < -0.39 is 0 Å². The Labute approximate surface area is 108 Å². The Balaban J connectivity index is 1.96. The van der Waals surface area contributed by atoms with Crippen molar-refractivity contribution in [3.63, 3.8) is 0 Å². The summed E-state index contributed by atoms with van der Waals surface area (Å²) in [5.74, 6) is 0.902. The van der Waals surface area contributed by atoms with E-state index in [0.717, 1.165) is 12.2 Å². The number of hydrogen-bond donors (Lipinski definition) is 1. The largest absolute Gasteiger partial charge is 0.489 e. The Bertz CT molecular complexity index is 491. The molecule has 0 unspecified atom stereocenters. The summed E-state index contributed by atoms with van der Waals surface area (Å²) >= 11 is 0. The van der Waals surface area contributed by atoms with Crippen molar-refractivity contribution in [1.29, 1.82) is 0 Å². The van der Waals surface area contributed by atoms with Crippen LogP contribution in [0.1, 0.15) is 16.7 Å². The molecular weight excluding hydrogens is 222 g/mol. The molecular formula is C16H19NO. The summed E-state index contributed by atoms with van der Waals surface area (Å²) in [6, 6.07) is 16.4. The normalized spacial score (nSPS) is 10.3. The predicted molar refractivity (Wildman–Crippen MR) is 74.7 cm³/mol. The average Bonchev–Trinajstić information content (AvgIpc) is 2.40. The minimum absolute atomic E-state index is 0.614. The van der Waals surface area contributed by atoms with E-state index in [1.54, 1.807) is 0 Å². The molecule has 0 heterocycles. The van der Waals surface area contributed by atoms with Crippen LogP contribution in [-0.2, 0) is 13.0 Å². The van der Waals surface area contributed by atoms with Crippen LogP contribution in [0, 0.1) is 6.92 Å². The topological polar surface area (TPSA) is 35.2 Å². The molecule has 0 amide bonds. The van der Waals surface area contributed by atoms with Crippen molar-refractivity contribution in [3.05, 3.63) is 65.2 Å². The van der Waals surface area contributed by atoms with E-state index in [1.807, 2.05) is 24.3 Å². The minimum atomic E-state index is 0.614. The Hall–Kier alpha value is -1.80. The molecule has 0 saturated heterocycles. The van der Waals surface area contributed by atoms with Gasteiger partial charge in [-0.3, -0.25) is 0 Å². The zero-order valence-electron chi connectivity index (χ0n) is 10.7. The molecule has 2 heteroatoms. The molecule has 2 aromatic carbocycles. The standard InChI is InChI=1S/C16H19NO/c1-13-4-2-3-5-15(13)12-18-16-8-6-14(7-9-16)10-11-17/h2-9H,10-12,17H2,1H3. The molecule has 94 valence electrons. The highest BCUT2D eigenvalue weighted by molar-refractivity contribution is 5.29. The highest BCUT2D eigenvalue weighted by Gasteiger charge is 1.99. The first-order chi connectivity index (χ1) is 8.79. The Kier molecular flexibility index (Phi) is 4.37. The van der Waals surface area contributed by atoms with Crippen molar-refractivity contribution in [2.45, 2.75) is 20.0 Å². The summed E-state index contributed by atoms with van der Waals surface area (Å²) in [4.78, 5) is 0. The molecule has 0 aliphatic carbocycles. The van der Waals surface area contributed by atoms with Gasteiger partial charge in [0, 0.05) is 0 Å². The number of hydrogen-bond acceptors (Lipinski definition) is 2. The van der Waals surface area contributed by atoms with Gasteiger partial charge in [0.1, 0.15) is 12.4 Å². The van der Waals surface area contributed by atoms with E-state index in [4.69, 9.17) is 10.5 Å². The van der Waals surface area contributed by atoms with Crippen molar-refractivity contribution < 1.29 is 4.74 Å². The number of nitrogens with two attached hydrogens (primary N) is 1. The third-order valence-corrected chi connectivity index (χ3v) is 3.01. The molecule has 0 atom stereocenters. The Morgan fingerprint density at radius 2 is 1.72 bits per heavy atom. The average molecular weight is 241 g/mol. The Morgan fingerprint density at radius 1 is 1.00 bits per heavy atom. The number of benzene rings is 2. The SMILES string of the molecule is Cc1ccccc1COc1ccc(CCN)cc1. The third-order valence-electron chi connectivity index (χ3n) is 3.01. The molecule has 18 heavy (non-hydrogen) atoms. The molecule has 0 spiro atoms. The molecule has 2 N–H and O–H groups in total. The van der Waals surface area contributed by atoms with Crippen molar-refractivity contribution >= 4 is 0 Å². The van der Waals surface area contributed by atoms with Crippen LogP contribution in [0.2, 0.25) is 0 Å². The maximum Gasteiger partial charge on any atom is 0.119 e. The summed E-state index contributed by atoms with van der Waals surface area (Å²) < 4.78 is 5.77. The predicted octanol–water partition coefficient (Wildman–Crippen LogP) is 3.08. The molecule has 0 aromatic heterocycles. The zero-order chi connectivity index (χ0) is 12.8. The fourth-order valence-corrected chi connectivity index (χ4v) is 1.85. The molecule has 0 aliphatic heterocycles. The lowest BCUT2D eigenvalue weighted by Crippen LogP contribution is -2.02. The number of rotatable bonds is 5. The van der Waals surface area contributed by atoms with Crippen LogP contribution in [-0.4, -0.2) is 6.54 Å². The van der Waals surface area contributed by atoms with E-state index in [1.165, 1.54) is 16.7 Å². The maximum atomic E-state index is 5.77. The monoisotopic (exact) mass is 241 g/mol. The van der Waals surface area contributed by atoms with Crippen molar-refractivity contribution in [2.24, 2.45) is 5.73 Å². The number of aryl methyl sites for hydroxylation is 1. The molecule has 0 fully saturated rings. The second kappa shape index (κ2) is 6.22.